The Bertz CT molecular complexity index is 1320. The van der Waals surface area contributed by atoms with Crippen LogP contribution in [0, 0.1) is 0 Å². The molecule has 4 rings (SSSR count). The van der Waals surface area contributed by atoms with Crippen LogP contribution in [0.3, 0.4) is 0 Å². The smallest absolute Gasteiger partial charge is 0.339 e. The van der Waals surface area contributed by atoms with Crippen LogP contribution in [-0.4, -0.2) is 28.2 Å². The Morgan fingerprint density at radius 2 is 1.62 bits per heavy atom. The summed E-state index contributed by atoms with van der Waals surface area (Å²) in [5, 5.41) is 0. The second-order valence-corrected chi connectivity index (χ2v) is 10.2. The Kier molecular flexibility index (Phi) is 8.02. The van der Waals surface area contributed by atoms with Crippen LogP contribution in [0.15, 0.2) is 89.6 Å². The van der Waals surface area contributed by atoms with Crippen molar-refractivity contribution in [1.82, 2.24) is 4.90 Å². The van der Waals surface area contributed by atoms with Crippen molar-refractivity contribution in [3.63, 3.8) is 0 Å². The SMILES string of the molecule is CCCCC1=N/C(=C/c2ccccc2)C(=O)N1Cc1ccc(-c2ccccc2C(=O)OC(C)(C)C)cc1. The summed E-state index contributed by atoms with van der Waals surface area (Å²) >= 11 is 0. The summed E-state index contributed by atoms with van der Waals surface area (Å²) < 4.78 is 5.61. The third kappa shape index (κ3) is 6.62. The number of aliphatic imine (C=N–C) groups is 1. The van der Waals surface area contributed by atoms with Crippen molar-refractivity contribution < 1.29 is 14.3 Å². The average molecular weight is 495 g/mol. The molecule has 0 fully saturated rings. The number of nitrogens with zero attached hydrogens (tertiary/aromatic N) is 2. The summed E-state index contributed by atoms with van der Waals surface area (Å²) in [6.07, 6.45) is 4.62. The Labute approximate surface area is 219 Å². The van der Waals surface area contributed by atoms with E-state index >= 15 is 0 Å². The highest BCUT2D eigenvalue weighted by Crippen LogP contribution is 2.28. The standard InChI is InChI=1S/C32H34N2O3/c1-5-6-16-29-33-28(21-23-12-8-7-9-13-23)30(35)34(29)22-24-17-19-25(20-18-24)26-14-10-11-15-27(26)31(36)37-32(2,3)4/h7-15,17-21H,5-6,16,22H2,1-4H3/b28-21+. The number of carbonyl (C=O) groups is 2. The van der Waals surface area contributed by atoms with Gasteiger partial charge < -0.3 is 4.74 Å². The van der Waals surface area contributed by atoms with Gasteiger partial charge >= 0.3 is 5.97 Å². The zero-order valence-corrected chi connectivity index (χ0v) is 22.0. The number of amides is 1. The molecule has 0 N–H and O–H groups in total. The topological polar surface area (TPSA) is 59.0 Å². The Hall–Kier alpha value is -3.99. The van der Waals surface area contributed by atoms with E-state index in [1.165, 1.54) is 0 Å². The molecule has 1 aliphatic rings. The van der Waals surface area contributed by atoms with E-state index in [9.17, 15) is 9.59 Å². The lowest BCUT2D eigenvalue weighted by Gasteiger charge is -2.21. The molecular weight excluding hydrogens is 460 g/mol. The minimum absolute atomic E-state index is 0.0747. The molecule has 1 heterocycles. The van der Waals surface area contributed by atoms with Crippen molar-refractivity contribution in [1.29, 1.82) is 0 Å². The van der Waals surface area contributed by atoms with E-state index in [4.69, 9.17) is 9.73 Å². The first-order chi connectivity index (χ1) is 17.7. The molecule has 0 radical (unpaired) electrons. The normalized spacial score (nSPS) is 14.7. The van der Waals surface area contributed by atoms with Crippen LogP contribution in [0.4, 0.5) is 0 Å². The molecule has 3 aromatic carbocycles. The molecule has 190 valence electrons. The first kappa shape index (κ1) is 26.1. The lowest BCUT2D eigenvalue weighted by atomic mass is 9.98. The van der Waals surface area contributed by atoms with Crippen LogP contribution in [-0.2, 0) is 16.1 Å². The largest absolute Gasteiger partial charge is 0.456 e. The van der Waals surface area contributed by atoms with Gasteiger partial charge in [0.15, 0.2) is 0 Å². The summed E-state index contributed by atoms with van der Waals surface area (Å²) in [6, 6.07) is 25.3. The lowest BCUT2D eigenvalue weighted by Crippen LogP contribution is -2.31. The predicted octanol–water partition coefficient (Wildman–Crippen LogP) is 7.28. The summed E-state index contributed by atoms with van der Waals surface area (Å²) in [7, 11) is 0. The fourth-order valence-corrected chi connectivity index (χ4v) is 4.21. The molecular formula is C32H34N2O3. The number of carbonyl (C=O) groups excluding carboxylic acids is 2. The summed E-state index contributed by atoms with van der Waals surface area (Å²) in [5.41, 5.74) is 4.13. The molecule has 0 spiro atoms. The van der Waals surface area contributed by atoms with Crippen molar-refractivity contribution in [2.24, 2.45) is 4.99 Å². The predicted molar refractivity (Wildman–Crippen MR) is 149 cm³/mol. The molecule has 0 atom stereocenters. The molecule has 0 saturated carbocycles. The van der Waals surface area contributed by atoms with E-state index < -0.39 is 5.60 Å². The van der Waals surface area contributed by atoms with E-state index in [1.54, 1.807) is 11.0 Å². The molecule has 0 unspecified atom stereocenters. The van der Waals surface area contributed by atoms with Crippen molar-refractivity contribution in [3.8, 4) is 11.1 Å². The fraction of sp³-hybridized carbons (Fsp3) is 0.281. The van der Waals surface area contributed by atoms with Crippen LogP contribution in [0.2, 0.25) is 0 Å². The Balaban J connectivity index is 1.55. The molecule has 1 aliphatic heterocycles. The minimum Gasteiger partial charge on any atom is -0.456 e. The first-order valence-corrected chi connectivity index (χ1v) is 12.8. The van der Waals surface area contributed by atoms with E-state index in [1.807, 2.05) is 99.6 Å². The van der Waals surface area contributed by atoms with Crippen molar-refractivity contribution in [3.05, 3.63) is 101 Å². The molecule has 0 aliphatic carbocycles. The third-order valence-electron chi connectivity index (χ3n) is 6.03. The summed E-state index contributed by atoms with van der Waals surface area (Å²) in [4.78, 5) is 32.6. The number of unbranched alkanes of at least 4 members (excludes halogenated alkanes) is 1. The van der Waals surface area contributed by atoms with Crippen LogP contribution in [0.5, 0.6) is 0 Å². The minimum atomic E-state index is -0.568. The van der Waals surface area contributed by atoms with Crippen LogP contribution in [0.25, 0.3) is 17.2 Å². The zero-order chi connectivity index (χ0) is 26.4. The number of rotatable bonds is 8. The molecule has 0 bridgehead atoms. The van der Waals surface area contributed by atoms with Gasteiger partial charge in [0.25, 0.3) is 5.91 Å². The van der Waals surface area contributed by atoms with E-state index in [-0.39, 0.29) is 11.9 Å². The van der Waals surface area contributed by atoms with Gasteiger partial charge in [-0.15, -0.1) is 0 Å². The maximum Gasteiger partial charge on any atom is 0.339 e. The van der Waals surface area contributed by atoms with E-state index in [2.05, 4.69) is 6.92 Å². The Morgan fingerprint density at radius 3 is 2.30 bits per heavy atom. The maximum atomic E-state index is 13.3. The maximum absolute atomic E-state index is 13.3. The molecule has 0 saturated heterocycles. The highest BCUT2D eigenvalue weighted by Gasteiger charge is 2.29. The number of esters is 1. The van der Waals surface area contributed by atoms with Crippen LogP contribution >= 0.6 is 0 Å². The highest BCUT2D eigenvalue weighted by molar-refractivity contribution is 6.14. The van der Waals surface area contributed by atoms with Gasteiger partial charge in [-0.25, -0.2) is 9.79 Å². The van der Waals surface area contributed by atoms with Crippen molar-refractivity contribution in [2.75, 3.05) is 0 Å². The quantitative estimate of drug-likeness (QED) is 0.244. The lowest BCUT2D eigenvalue weighted by molar-refractivity contribution is -0.123. The Morgan fingerprint density at radius 1 is 0.946 bits per heavy atom. The van der Waals surface area contributed by atoms with Crippen LogP contribution < -0.4 is 0 Å². The van der Waals surface area contributed by atoms with Gasteiger partial charge in [0.05, 0.1) is 12.1 Å². The fourth-order valence-electron chi connectivity index (χ4n) is 4.21. The van der Waals surface area contributed by atoms with Crippen molar-refractivity contribution in [2.45, 2.75) is 59.1 Å². The monoisotopic (exact) mass is 494 g/mol. The van der Waals surface area contributed by atoms with Crippen LogP contribution in [0.1, 0.15) is 68.4 Å². The number of ether oxygens (including phenoxy) is 1. The number of amidine groups is 1. The average Bonchev–Trinajstić information content (AvgIpc) is 3.16. The molecule has 0 aromatic heterocycles. The van der Waals surface area contributed by atoms with Gasteiger partial charge in [-0.05, 0) is 61.6 Å². The second kappa shape index (κ2) is 11.4. The number of hydrogen-bond acceptors (Lipinski definition) is 4. The first-order valence-electron chi connectivity index (χ1n) is 12.8. The highest BCUT2D eigenvalue weighted by atomic mass is 16.6. The van der Waals surface area contributed by atoms with Gasteiger partial charge in [-0.3, -0.25) is 9.69 Å². The van der Waals surface area contributed by atoms with Gasteiger partial charge in [0.2, 0.25) is 0 Å². The second-order valence-electron chi connectivity index (χ2n) is 10.2. The van der Waals surface area contributed by atoms with Gasteiger partial charge in [-0.1, -0.05) is 86.1 Å². The number of hydrogen-bond donors (Lipinski definition) is 0. The van der Waals surface area contributed by atoms with Gasteiger partial charge in [0, 0.05) is 6.42 Å². The van der Waals surface area contributed by atoms with E-state index in [0.717, 1.165) is 47.4 Å². The summed E-state index contributed by atoms with van der Waals surface area (Å²) in [5.74, 6) is 0.395. The molecule has 37 heavy (non-hydrogen) atoms. The molecule has 1 amide bonds. The van der Waals surface area contributed by atoms with Crippen molar-refractivity contribution >= 4 is 23.8 Å². The number of benzene rings is 3. The summed E-state index contributed by atoms with van der Waals surface area (Å²) in [6.45, 7) is 8.17. The van der Waals surface area contributed by atoms with Gasteiger partial charge in [0.1, 0.15) is 17.1 Å². The third-order valence-corrected chi connectivity index (χ3v) is 6.03. The van der Waals surface area contributed by atoms with Gasteiger partial charge in [-0.2, -0.15) is 0 Å². The zero-order valence-electron chi connectivity index (χ0n) is 22.0. The molecule has 3 aromatic rings. The molecule has 5 nitrogen and oxygen atoms in total. The molecule has 5 heteroatoms. The van der Waals surface area contributed by atoms with E-state index in [0.29, 0.717) is 17.8 Å².